The van der Waals surface area contributed by atoms with Crippen LogP contribution in [0, 0.1) is 0 Å². The molecule has 0 saturated heterocycles. The average molecular weight is 288 g/mol. The Morgan fingerprint density at radius 2 is 2.10 bits per heavy atom. The largest absolute Gasteiger partial charge is 0.385 e. The van der Waals surface area contributed by atoms with Gasteiger partial charge >= 0.3 is 0 Å². The molecule has 1 heterocycles. The Bertz CT molecular complexity index is 578. The summed E-state index contributed by atoms with van der Waals surface area (Å²) in [5.74, 6) is 0.712. The molecule has 6 heteroatoms. The molecular weight excluding hydrogens is 268 g/mol. The first-order valence-electron chi connectivity index (χ1n) is 6.85. The zero-order chi connectivity index (χ0) is 15.1. The van der Waals surface area contributed by atoms with Crippen molar-refractivity contribution < 1.29 is 9.53 Å². The predicted molar refractivity (Wildman–Crippen MR) is 82.9 cm³/mol. The molecule has 0 fully saturated rings. The minimum Gasteiger partial charge on any atom is -0.385 e. The van der Waals surface area contributed by atoms with Crippen molar-refractivity contribution in [1.82, 2.24) is 9.55 Å². The number of nitrogens with zero attached hydrogens (tertiary/aromatic N) is 2. The Kier molecular flexibility index (Phi) is 5.34. The van der Waals surface area contributed by atoms with Crippen molar-refractivity contribution in [2.24, 2.45) is 0 Å². The first-order chi connectivity index (χ1) is 10.2. The fourth-order valence-electron chi connectivity index (χ4n) is 1.97. The summed E-state index contributed by atoms with van der Waals surface area (Å²) in [5, 5.41) is 6.02. The molecule has 1 aromatic heterocycles. The highest BCUT2D eigenvalue weighted by molar-refractivity contribution is 5.88. The van der Waals surface area contributed by atoms with Gasteiger partial charge in [0.1, 0.15) is 0 Å². The van der Waals surface area contributed by atoms with Gasteiger partial charge in [-0.15, -0.1) is 0 Å². The molecule has 1 amide bonds. The Hall–Kier alpha value is -2.34. The molecule has 2 N–H and O–H groups in total. The van der Waals surface area contributed by atoms with E-state index in [1.807, 2.05) is 35.0 Å². The number of hydrogen-bond donors (Lipinski definition) is 2. The number of nitrogens with one attached hydrogen (secondary N) is 2. The molecule has 6 nitrogen and oxygen atoms in total. The lowest BCUT2D eigenvalue weighted by atomic mass is 10.2. The number of ether oxygens (including phenoxy) is 1. The van der Waals surface area contributed by atoms with Gasteiger partial charge in [-0.05, 0) is 30.7 Å². The second-order valence-corrected chi connectivity index (χ2v) is 4.62. The number of rotatable bonds is 7. The molecule has 0 aliphatic rings. The van der Waals surface area contributed by atoms with Crippen molar-refractivity contribution in [1.29, 1.82) is 0 Å². The SMILES string of the molecule is COCCCNc1nccn1-c1ccc(NC(C)=O)cc1. The monoisotopic (exact) mass is 288 g/mol. The highest BCUT2D eigenvalue weighted by atomic mass is 16.5. The van der Waals surface area contributed by atoms with Gasteiger partial charge in [0.05, 0.1) is 0 Å². The van der Waals surface area contributed by atoms with Crippen LogP contribution in [-0.4, -0.2) is 35.7 Å². The third-order valence-electron chi connectivity index (χ3n) is 2.91. The fraction of sp³-hybridized carbons (Fsp3) is 0.333. The minimum atomic E-state index is -0.0779. The number of carbonyl (C=O) groups excluding carboxylic acids is 1. The lowest BCUT2D eigenvalue weighted by Gasteiger charge is -2.10. The smallest absolute Gasteiger partial charge is 0.221 e. The van der Waals surface area contributed by atoms with E-state index in [2.05, 4.69) is 15.6 Å². The third kappa shape index (κ3) is 4.32. The number of aromatic nitrogens is 2. The van der Waals surface area contributed by atoms with Crippen molar-refractivity contribution in [3.63, 3.8) is 0 Å². The molecule has 0 saturated carbocycles. The molecule has 0 aliphatic carbocycles. The van der Waals surface area contributed by atoms with E-state index in [0.29, 0.717) is 0 Å². The third-order valence-corrected chi connectivity index (χ3v) is 2.91. The zero-order valence-corrected chi connectivity index (χ0v) is 12.3. The van der Waals surface area contributed by atoms with Crippen LogP contribution in [0.15, 0.2) is 36.7 Å². The molecule has 1 aromatic carbocycles. The number of methoxy groups -OCH3 is 1. The van der Waals surface area contributed by atoms with Crippen molar-refractivity contribution >= 4 is 17.5 Å². The molecular formula is C15H20N4O2. The second-order valence-electron chi connectivity index (χ2n) is 4.62. The van der Waals surface area contributed by atoms with Gasteiger partial charge in [-0.1, -0.05) is 0 Å². The number of imidazole rings is 1. The lowest BCUT2D eigenvalue weighted by molar-refractivity contribution is -0.114. The number of benzene rings is 1. The zero-order valence-electron chi connectivity index (χ0n) is 12.3. The van der Waals surface area contributed by atoms with E-state index in [9.17, 15) is 4.79 Å². The van der Waals surface area contributed by atoms with E-state index < -0.39 is 0 Å². The van der Waals surface area contributed by atoms with Gasteiger partial charge in [0, 0.05) is 51.0 Å². The number of carbonyl (C=O) groups is 1. The maximum absolute atomic E-state index is 11.0. The standard InChI is InChI=1S/C15H20N4O2/c1-12(20)18-13-4-6-14(7-5-13)19-10-9-17-15(19)16-8-3-11-21-2/h4-7,9-10H,3,8,11H2,1-2H3,(H,16,17)(H,18,20). The molecule has 0 atom stereocenters. The number of anilines is 2. The van der Waals surface area contributed by atoms with Gasteiger partial charge in [0.15, 0.2) is 0 Å². The normalized spacial score (nSPS) is 10.4. The summed E-state index contributed by atoms with van der Waals surface area (Å²) in [6.45, 7) is 3.01. The van der Waals surface area contributed by atoms with Crippen LogP contribution in [-0.2, 0) is 9.53 Å². The van der Waals surface area contributed by atoms with Crippen LogP contribution in [0.4, 0.5) is 11.6 Å². The molecule has 0 aliphatic heterocycles. The van der Waals surface area contributed by atoms with Gasteiger partial charge in [0.25, 0.3) is 0 Å². The Balaban J connectivity index is 2.04. The lowest BCUT2D eigenvalue weighted by Crippen LogP contribution is -2.09. The fourth-order valence-corrected chi connectivity index (χ4v) is 1.97. The van der Waals surface area contributed by atoms with Crippen molar-refractivity contribution in [3.8, 4) is 5.69 Å². The average Bonchev–Trinajstić information content (AvgIpc) is 2.92. The van der Waals surface area contributed by atoms with E-state index in [0.717, 1.165) is 36.9 Å². The highest BCUT2D eigenvalue weighted by Gasteiger charge is 2.04. The maximum Gasteiger partial charge on any atom is 0.221 e. The van der Waals surface area contributed by atoms with Gasteiger partial charge < -0.3 is 15.4 Å². The Labute approximate surface area is 124 Å². The predicted octanol–water partition coefficient (Wildman–Crippen LogP) is 2.28. The number of amides is 1. The summed E-state index contributed by atoms with van der Waals surface area (Å²) in [7, 11) is 1.69. The quantitative estimate of drug-likeness (QED) is 0.767. The van der Waals surface area contributed by atoms with Gasteiger partial charge in [-0.3, -0.25) is 9.36 Å². The van der Waals surface area contributed by atoms with Crippen molar-refractivity contribution in [2.45, 2.75) is 13.3 Å². The maximum atomic E-state index is 11.0. The van der Waals surface area contributed by atoms with E-state index in [1.165, 1.54) is 6.92 Å². The topological polar surface area (TPSA) is 68.2 Å². The summed E-state index contributed by atoms with van der Waals surface area (Å²) in [6.07, 6.45) is 4.57. The molecule has 0 bridgehead atoms. The van der Waals surface area contributed by atoms with E-state index >= 15 is 0 Å². The van der Waals surface area contributed by atoms with E-state index in [-0.39, 0.29) is 5.91 Å². The van der Waals surface area contributed by atoms with Crippen LogP contribution < -0.4 is 10.6 Å². The first kappa shape index (κ1) is 15.1. The minimum absolute atomic E-state index is 0.0779. The molecule has 2 rings (SSSR count). The summed E-state index contributed by atoms with van der Waals surface area (Å²) in [5.41, 5.74) is 1.76. The van der Waals surface area contributed by atoms with Crippen LogP contribution >= 0.6 is 0 Å². The summed E-state index contributed by atoms with van der Waals surface area (Å²) in [6, 6.07) is 7.61. The van der Waals surface area contributed by atoms with Crippen molar-refractivity contribution in [2.75, 3.05) is 30.9 Å². The van der Waals surface area contributed by atoms with Crippen LogP contribution in [0.1, 0.15) is 13.3 Å². The summed E-state index contributed by atoms with van der Waals surface area (Å²) < 4.78 is 6.98. The molecule has 0 spiro atoms. The van der Waals surface area contributed by atoms with Crippen molar-refractivity contribution in [3.05, 3.63) is 36.7 Å². The van der Waals surface area contributed by atoms with Crippen LogP contribution in [0.3, 0.4) is 0 Å². The summed E-state index contributed by atoms with van der Waals surface area (Å²) in [4.78, 5) is 15.3. The van der Waals surface area contributed by atoms with Crippen LogP contribution in [0.5, 0.6) is 0 Å². The Morgan fingerprint density at radius 1 is 1.33 bits per heavy atom. The molecule has 2 aromatic rings. The molecule has 0 unspecified atom stereocenters. The highest BCUT2D eigenvalue weighted by Crippen LogP contribution is 2.17. The van der Waals surface area contributed by atoms with Gasteiger partial charge in [-0.2, -0.15) is 0 Å². The second kappa shape index (κ2) is 7.44. The molecule has 0 radical (unpaired) electrons. The van der Waals surface area contributed by atoms with Gasteiger partial charge in [-0.25, -0.2) is 4.98 Å². The molecule has 112 valence electrons. The summed E-state index contributed by atoms with van der Waals surface area (Å²) >= 11 is 0. The van der Waals surface area contributed by atoms with Crippen LogP contribution in [0.2, 0.25) is 0 Å². The molecule has 21 heavy (non-hydrogen) atoms. The van der Waals surface area contributed by atoms with E-state index in [1.54, 1.807) is 13.3 Å². The van der Waals surface area contributed by atoms with E-state index in [4.69, 9.17) is 4.74 Å². The Morgan fingerprint density at radius 3 is 2.76 bits per heavy atom. The van der Waals surface area contributed by atoms with Crippen LogP contribution in [0.25, 0.3) is 5.69 Å². The van der Waals surface area contributed by atoms with Gasteiger partial charge in [0.2, 0.25) is 11.9 Å². The first-order valence-corrected chi connectivity index (χ1v) is 6.85. The number of hydrogen-bond acceptors (Lipinski definition) is 4.